The van der Waals surface area contributed by atoms with Crippen molar-refractivity contribution in [2.75, 3.05) is 5.32 Å². The highest BCUT2D eigenvalue weighted by Crippen LogP contribution is 2.20. The van der Waals surface area contributed by atoms with E-state index in [9.17, 15) is 9.59 Å². The van der Waals surface area contributed by atoms with Crippen molar-refractivity contribution in [3.05, 3.63) is 52.6 Å². The van der Waals surface area contributed by atoms with Gasteiger partial charge in [-0.2, -0.15) is 16.4 Å². The van der Waals surface area contributed by atoms with Crippen LogP contribution in [0, 0.1) is 0 Å². The molecule has 0 spiro atoms. The summed E-state index contributed by atoms with van der Waals surface area (Å²) in [5.74, 6) is -1.14. The van der Waals surface area contributed by atoms with Crippen LogP contribution in [0.25, 0.3) is 11.3 Å². The summed E-state index contributed by atoms with van der Waals surface area (Å²) < 4.78 is 1.41. The SMILES string of the molecule is Cn1cc(NC(=O)c2cccc(-c3ccsc3)n2)c(C(N)=O)n1. The largest absolute Gasteiger partial charge is 0.364 e. The van der Waals surface area contributed by atoms with Gasteiger partial charge in [0.05, 0.1) is 11.4 Å². The van der Waals surface area contributed by atoms with Crippen LogP contribution in [0.1, 0.15) is 21.0 Å². The fourth-order valence-corrected chi connectivity index (χ4v) is 2.73. The number of nitrogens with one attached hydrogen (secondary N) is 1. The molecule has 0 aliphatic heterocycles. The lowest BCUT2D eigenvalue weighted by atomic mass is 10.2. The molecule has 3 rings (SSSR count). The average Bonchev–Trinajstić information content (AvgIpc) is 3.17. The summed E-state index contributed by atoms with van der Waals surface area (Å²) in [6.45, 7) is 0. The highest BCUT2D eigenvalue weighted by molar-refractivity contribution is 7.08. The number of amides is 2. The van der Waals surface area contributed by atoms with Gasteiger partial charge in [0.2, 0.25) is 0 Å². The molecule has 7 nitrogen and oxygen atoms in total. The first-order valence-electron chi connectivity index (χ1n) is 6.69. The lowest BCUT2D eigenvalue weighted by molar-refractivity contribution is 0.0995. The first kappa shape index (κ1) is 14.9. The van der Waals surface area contributed by atoms with Gasteiger partial charge in [-0.15, -0.1) is 0 Å². The number of hydrogen-bond acceptors (Lipinski definition) is 5. The van der Waals surface area contributed by atoms with Gasteiger partial charge in [-0.25, -0.2) is 4.98 Å². The third-order valence-corrected chi connectivity index (χ3v) is 3.79. The van der Waals surface area contributed by atoms with E-state index in [1.54, 1.807) is 30.5 Å². The number of pyridine rings is 1. The van der Waals surface area contributed by atoms with Gasteiger partial charge in [0.25, 0.3) is 11.8 Å². The zero-order valence-electron chi connectivity index (χ0n) is 12.2. The van der Waals surface area contributed by atoms with Crippen LogP contribution in [0.2, 0.25) is 0 Å². The number of nitrogens with two attached hydrogens (primary N) is 1. The average molecular weight is 327 g/mol. The molecule has 0 fully saturated rings. The molecule has 0 atom stereocenters. The lowest BCUT2D eigenvalue weighted by Gasteiger charge is -2.05. The number of nitrogens with zero attached hydrogens (tertiary/aromatic N) is 3. The summed E-state index contributed by atoms with van der Waals surface area (Å²) in [6.07, 6.45) is 1.51. The summed E-state index contributed by atoms with van der Waals surface area (Å²) in [4.78, 5) is 28.0. The molecule has 3 heterocycles. The van der Waals surface area contributed by atoms with Crippen molar-refractivity contribution in [3.8, 4) is 11.3 Å². The van der Waals surface area contributed by atoms with Crippen LogP contribution < -0.4 is 11.1 Å². The van der Waals surface area contributed by atoms with Gasteiger partial charge >= 0.3 is 0 Å². The maximum atomic E-state index is 12.4. The van der Waals surface area contributed by atoms with Crippen molar-refractivity contribution >= 4 is 28.8 Å². The maximum Gasteiger partial charge on any atom is 0.274 e. The Kier molecular flexibility index (Phi) is 3.90. The number of thiophene rings is 1. The number of rotatable bonds is 4. The van der Waals surface area contributed by atoms with Crippen molar-refractivity contribution in [2.45, 2.75) is 0 Å². The third-order valence-electron chi connectivity index (χ3n) is 3.11. The molecule has 0 saturated heterocycles. The van der Waals surface area contributed by atoms with Crippen LogP contribution in [0.3, 0.4) is 0 Å². The molecule has 0 aliphatic rings. The van der Waals surface area contributed by atoms with Gasteiger partial charge in [0.1, 0.15) is 5.69 Å². The quantitative estimate of drug-likeness (QED) is 0.763. The van der Waals surface area contributed by atoms with Gasteiger partial charge in [-0.1, -0.05) is 6.07 Å². The van der Waals surface area contributed by atoms with E-state index in [0.717, 1.165) is 5.56 Å². The monoisotopic (exact) mass is 327 g/mol. The van der Waals surface area contributed by atoms with E-state index < -0.39 is 11.8 Å². The highest BCUT2D eigenvalue weighted by atomic mass is 32.1. The van der Waals surface area contributed by atoms with E-state index in [1.807, 2.05) is 22.9 Å². The fraction of sp³-hybridized carbons (Fsp3) is 0.0667. The second-order valence-corrected chi connectivity index (χ2v) is 5.58. The minimum Gasteiger partial charge on any atom is -0.364 e. The Morgan fingerprint density at radius 1 is 1.30 bits per heavy atom. The predicted octanol–water partition coefficient (Wildman–Crippen LogP) is 1.89. The highest BCUT2D eigenvalue weighted by Gasteiger charge is 2.17. The minimum atomic E-state index is -0.708. The predicted molar refractivity (Wildman–Crippen MR) is 87.2 cm³/mol. The zero-order valence-corrected chi connectivity index (χ0v) is 13.0. The summed E-state index contributed by atoms with van der Waals surface area (Å²) in [5, 5.41) is 10.4. The number of carbonyl (C=O) groups is 2. The van der Waals surface area contributed by atoms with Gasteiger partial charge in [-0.3, -0.25) is 14.3 Å². The maximum absolute atomic E-state index is 12.4. The van der Waals surface area contributed by atoms with E-state index in [1.165, 1.54) is 10.9 Å². The van der Waals surface area contributed by atoms with Crippen LogP contribution >= 0.6 is 11.3 Å². The standard InChI is InChI=1S/C15H13N5O2S/c1-20-7-12(13(19-20)14(16)21)18-15(22)11-4-2-3-10(17-11)9-5-6-23-8-9/h2-8H,1H3,(H2,16,21)(H,18,22). The molecule has 0 aromatic carbocycles. The van der Waals surface area contributed by atoms with Crippen molar-refractivity contribution < 1.29 is 9.59 Å². The molecule has 2 amide bonds. The Labute approximate surface area is 135 Å². The van der Waals surface area contributed by atoms with Crippen LogP contribution in [-0.2, 0) is 7.05 Å². The van der Waals surface area contributed by atoms with E-state index >= 15 is 0 Å². The molecular weight excluding hydrogens is 314 g/mol. The van der Waals surface area contributed by atoms with Crippen molar-refractivity contribution in [1.82, 2.24) is 14.8 Å². The molecule has 0 aliphatic carbocycles. The van der Waals surface area contributed by atoms with Crippen molar-refractivity contribution in [1.29, 1.82) is 0 Å². The molecule has 0 unspecified atom stereocenters. The Bertz CT molecular complexity index is 870. The molecular formula is C15H13N5O2S. The normalized spacial score (nSPS) is 10.5. The number of anilines is 1. The molecule has 23 heavy (non-hydrogen) atoms. The molecule has 0 bridgehead atoms. The summed E-state index contributed by atoms with van der Waals surface area (Å²) >= 11 is 1.56. The first-order valence-corrected chi connectivity index (χ1v) is 7.63. The number of primary amides is 1. The van der Waals surface area contributed by atoms with Gasteiger partial charge in [0.15, 0.2) is 5.69 Å². The Morgan fingerprint density at radius 2 is 2.13 bits per heavy atom. The number of aryl methyl sites for hydroxylation is 1. The van der Waals surface area contributed by atoms with Crippen LogP contribution in [0.15, 0.2) is 41.2 Å². The molecule has 0 saturated carbocycles. The minimum absolute atomic E-state index is 0.00911. The number of carbonyl (C=O) groups excluding carboxylic acids is 2. The Hall–Kier alpha value is -3.00. The number of hydrogen-bond donors (Lipinski definition) is 2. The smallest absolute Gasteiger partial charge is 0.274 e. The summed E-state index contributed by atoms with van der Waals surface area (Å²) in [6, 6.07) is 7.12. The molecule has 8 heteroatoms. The van der Waals surface area contributed by atoms with Crippen molar-refractivity contribution in [3.63, 3.8) is 0 Å². The zero-order chi connectivity index (χ0) is 16.4. The lowest BCUT2D eigenvalue weighted by Crippen LogP contribution is -2.18. The van der Waals surface area contributed by atoms with Gasteiger partial charge < -0.3 is 11.1 Å². The molecule has 0 radical (unpaired) electrons. The summed E-state index contributed by atoms with van der Waals surface area (Å²) in [5.41, 5.74) is 7.42. The Morgan fingerprint density at radius 3 is 2.83 bits per heavy atom. The molecule has 3 N–H and O–H groups in total. The first-order chi connectivity index (χ1) is 11.0. The van der Waals surface area contributed by atoms with Crippen molar-refractivity contribution in [2.24, 2.45) is 12.8 Å². The second-order valence-electron chi connectivity index (χ2n) is 4.80. The van der Waals surface area contributed by atoms with E-state index in [-0.39, 0.29) is 17.1 Å². The van der Waals surface area contributed by atoms with Crippen LogP contribution in [-0.4, -0.2) is 26.6 Å². The van der Waals surface area contributed by atoms with Crippen LogP contribution in [0.5, 0.6) is 0 Å². The van der Waals surface area contributed by atoms with E-state index in [4.69, 9.17) is 5.73 Å². The topological polar surface area (TPSA) is 103 Å². The van der Waals surface area contributed by atoms with Gasteiger partial charge in [0, 0.05) is 24.2 Å². The Balaban J connectivity index is 1.87. The van der Waals surface area contributed by atoms with E-state index in [2.05, 4.69) is 15.4 Å². The van der Waals surface area contributed by atoms with Gasteiger partial charge in [-0.05, 0) is 23.6 Å². The third kappa shape index (κ3) is 3.11. The molecule has 3 aromatic heterocycles. The van der Waals surface area contributed by atoms with Crippen LogP contribution in [0.4, 0.5) is 5.69 Å². The summed E-state index contributed by atoms with van der Waals surface area (Å²) in [7, 11) is 1.64. The number of aromatic nitrogens is 3. The van der Waals surface area contributed by atoms with E-state index in [0.29, 0.717) is 5.69 Å². The molecule has 116 valence electrons. The molecule has 3 aromatic rings. The fourth-order valence-electron chi connectivity index (χ4n) is 2.08. The second kappa shape index (κ2) is 6.01.